The van der Waals surface area contributed by atoms with E-state index in [2.05, 4.69) is 74.7 Å². The van der Waals surface area contributed by atoms with E-state index in [1.165, 1.54) is 41.7 Å². The normalized spacial score (nSPS) is 20.0. The smallest absolute Gasteiger partial charge is 0.0518 e. The third-order valence-corrected chi connectivity index (χ3v) is 11.5. The standard InChI is InChI=1S/C21H30Si2/c1-22(2)14-9-15-23(3,4)17-21-19(16-22)12-8-13-20(21)18-10-6-5-7-11-18/h5-8,10-13H,9,14-17H2,1-4H3. The summed E-state index contributed by atoms with van der Waals surface area (Å²) in [7, 11) is -2.28. The van der Waals surface area contributed by atoms with E-state index in [4.69, 9.17) is 0 Å². The van der Waals surface area contributed by atoms with E-state index in [9.17, 15) is 0 Å². The molecular formula is C21H30Si2. The first-order valence-electron chi connectivity index (χ1n) is 9.03. The SMILES string of the molecule is C[Si]1(C)CCC[Si](C)(C)Cc2c(cccc2-c2ccccc2)C1. The molecule has 0 aliphatic carbocycles. The molecule has 1 aliphatic rings. The van der Waals surface area contributed by atoms with Gasteiger partial charge in [-0.15, -0.1) is 0 Å². The van der Waals surface area contributed by atoms with Crippen LogP contribution in [0.1, 0.15) is 17.5 Å². The van der Waals surface area contributed by atoms with Crippen molar-refractivity contribution in [2.75, 3.05) is 0 Å². The Morgan fingerprint density at radius 2 is 1.35 bits per heavy atom. The minimum Gasteiger partial charge on any atom is -0.0691 e. The summed E-state index contributed by atoms with van der Waals surface area (Å²) in [5, 5.41) is 0. The van der Waals surface area contributed by atoms with Crippen molar-refractivity contribution in [2.45, 2.75) is 56.8 Å². The van der Waals surface area contributed by atoms with Crippen molar-refractivity contribution in [1.82, 2.24) is 0 Å². The highest BCUT2D eigenvalue weighted by Gasteiger charge is 2.30. The van der Waals surface area contributed by atoms with Crippen molar-refractivity contribution in [1.29, 1.82) is 0 Å². The van der Waals surface area contributed by atoms with Crippen LogP contribution < -0.4 is 0 Å². The molecule has 0 bridgehead atoms. The van der Waals surface area contributed by atoms with Crippen LogP contribution in [0, 0.1) is 0 Å². The zero-order chi connectivity index (χ0) is 16.5. The highest BCUT2D eigenvalue weighted by Crippen LogP contribution is 2.35. The molecule has 0 atom stereocenters. The van der Waals surface area contributed by atoms with Crippen molar-refractivity contribution in [3.63, 3.8) is 0 Å². The van der Waals surface area contributed by atoms with Crippen LogP contribution >= 0.6 is 0 Å². The van der Waals surface area contributed by atoms with Gasteiger partial charge in [-0.3, -0.25) is 0 Å². The molecule has 0 amide bonds. The first kappa shape index (κ1) is 16.7. The minimum absolute atomic E-state index is 1.12. The van der Waals surface area contributed by atoms with E-state index in [1.807, 2.05) is 0 Å². The van der Waals surface area contributed by atoms with Crippen LogP contribution in [-0.2, 0) is 12.1 Å². The molecule has 2 aromatic carbocycles. The van der Waals surface area contributed by atoms with Crippen molar-refractivity contribution >= 4 is 16.1 Å². The van der Waals surface area contributed by atoms with Crippen LogP contribution in [0.5, 0.6) is 0 Å². The minimum atomic E-state index is -1.16. The van der Waals surface area contributed by atoms with Crippen LogP contribution in [0.2, 0.25) is 38.3 Å². The molecule has 0 saturated carbocycles. The quantitative estimate of drug-likeness (QED) is 0.532. The molecule has 0 fully saturated rings. The number of rotatable bonds is 1. The third kappa shape index (κ3) is 4.05. The summed E-state index contributed by atoms with van der Waals surface area (Å²) in [6.45, 7) is 10.4. The molecule has 0 radical (unpaired) electrons. The van der Waals surface area contributed by atoms with Crippen LogP contribution in [-0.4, -0.2) is 16.1 Å². The zero-order valence-electron chi connectivity index (χ0n) is 15.2. The Morgan fingerprint density at radius 3 is 2.04 bits per heavy atom. The largest absolute Gasteiger partial charge is 0.0691 e. The second-order valence-electron chi connectivity index (χ2n) is 8.84. The highest BCUT2D eigenvalue weighted by molar-refractivity contribution is 6.79. The van der Waals surface area contributed by atoms with E-state index in [-0.39, 0.29) is 0 Å². The van der Waals surface area contributed by atoms with E-state index in [1.54, 1.807) is 11.1 Å². The topological polar surface area (TPSA) is 0 Å². The number of hydrogen-bond donors (Lipinski definition) is 0. The molecule has 0 nitrogen and oxygen atoms in total. The van der Waals surface area contributed by atoms with Gasteiger partial charge >= 0.3 is 0 Å². The van der Waals surface area contributed by atoms with Crippen molar-refractivity contribution in [3.05, 3.63) is 59.7 Å². The van der Waals surface area contributed by atoms with Crippen molar-refractivity contribution in [2.24, 2.45) is 0 Å². The Balaban J connectivity index is 2.14. The van der Waals surface area contributed by atoms with E-state index in [0.717, 1.165) is 0 Å². The van der Waals surface area contributed by atoms with Gasteiger partial charge in [-0.1, -0.05) is 93.2 Å². The predicted molar refractivity (Wildman–Crippen MR) is 108 cm³/mol. The van der Waals surface area contributed by atoms with Gasteiger partial charge in [0.25, 0.3) is 0 Å². The summed E-state index contributed by atoms with van der Waals surface area (Å²) in [6.07, 6.45) is 1.47. The molecule has 0 aromatic heterocycles. The summed E-state index contributed by atoms with van der Waals surface area (Å²) in [4.78, 5) is 0. The van der Waals surface area contributed by atoms with Gasteiger partial charge in [0.05, 0.1) is 16.1 Å². The maximum absolute atomic E-state index is 2.60. The Hall–Kier alpha value is -1.13. The number of benzene rings is 2. The first-order chi connectivity index (χ1) is 10.9. The lowest BCUT2D eigenvalue weighted by molar-refractivity contribution is 0.998. The van der Waals surface area contributed by atoms with Gasteiger partial charge in [0, 0.05) is 0 Å². The second-order valence-corrected chi connectivity index (χ2v) is 19.2. The van der Waals surface area contributed by atoms with Crippen molar-refractivity contribution in [3.8, 4) is 11.1 Å². The summed E-state index contributed by atoms with van der Waals surface area (Å²) >= 11 is 0. The van der Waals surface area contributed by atoms with Crippen LogP contribution in [0.15, 0.2) is 48.5 Å². The molecule has 0 N–H and O–H groups in total. The molecule has 23 heavy (non-hydrogen) atoms. The van der Waals surface area contributed by atoms with Gasteiger partial charge in [0.1, 0.15) is 0 Å². The fraction of sp³-hybridized carbons (Fsp3) is 0.429. The number of hydrogen-bond acceptors (Lipinski definition) is 0. The fourth-order valence-electron chi connectivity index (χ4n) is 4.11. The number of fused-ring (bicyclic) bond motifs is 1. The van der Waals surface area contributed by atoms with E-state index in [0.29, 0.717) is 0 Å². The van der Waals surface area contributed by atoms with Crippen LogP contribution in [0.3, 0.4) is 0 Å². The van der Waals surface area contributed by atoms with Gasteiger partial charge in [0.15, 0.2) is 0 Å². The van der Waals surface area contributed by atoms with Gasteiger partial charge in [0.2, 0.25) is 0 Å². The first-order valence-corrected chi connectivity index (χ1v) is 15.9. The molecule has 122 valence electrons. The lowest BCUT2D eigenvalue weighted by Gasteiger charge is -2.25. The molecule has 3 rings (SSSR count). The lowest BCUT2D eigenvalue weighted by atomic mass is 9.97. The second kappa shape index (κ2) is 6.41. The predicted octanol–water partition coefficient (Wildman–Crippen LogP) is 6.34. The summed E-state index contributed by atoms with van der Waals surface area (Å²) < 4.78 is 0. The average Bonchev–Trinajstić information content (AvgIpc) is 2.52. The highest BCUT2D eigenvalue weighted by atomic mass is 28.3. The molecule has 1 aliphatic heterocycles. The molecular weight excluding hydrogens is 308 g/mol. The summed E-state index contributed by atoms with van der Waals surface area (Å²) in [5.74, 6) is 0. The van der Waals surface area contributed by atoms with Gasteiger partial charge < -0.3 is 0 Å². The molecule has 1 heterocycles. The summed E-state index contributed by atoms with van der Waals surface area (Å²) in [5.41, 5.74) is 6.23. The molecule has 0 spiro atoms. The lowest BCUT2D eigenvalue weighted by Crippen LogP contribution is -2.29. The average molecular weight is 339 g/mol. The Morgan fingerprint density at radius 1 is 0.696 bits per heavy atom. The molecule has 2 aromatic rings. The van der Waals surface area contributed by atoms with Gasteiger partial charge in [-0.25, -0.2) is 0 Å². The molecule has 2 heteroatoms. The van der Waals surface area contributed by atoms with Gasteiger partial charge in [-0.05, 0) is 34.3 Å². The Labute approximate surface area is 144 Å². The zero-order valence-corrected chi connectivity index (χ0v) is 17.2. The monoisotopic (exact) mass is 338 g/mol. The third-order valence-electron chi connectivity index (χ3n) is 5.39. The fourth-order valence-corrected chi connectivity index (χ4v) is 9.83. The maximum Gasteiger partial charge on any atom is 0.0518 e. The van der Waals surface area contributed by atoms with Crippen molar-refractivity contribution < 1.29 is 0 Å². The Bertz CT molecular complexity index is 671. The van der Waals surface area contributed by atoms with E-state index < -0.39 is 16.1 Å². The Kier molecular flexibility index (Phi) is 4.66. The van der Waals surface area contributed by atoms with Crippen LogP contribution in [0.4, 0.5) is 0 Å². The molecule has 0 saturated heterocycles. The molecule has 0 unspecified atom stereocenters. The maximum atomic E-state index is 2.60. The van der Waals surface area contributed by atoms with Crippen LogP contribution in [0.25, 0.3) is 11.1 Å². The van der Waals surface area contributed by atoms with Gasteiger partial charge in [-0.2, -0.15) is 0 Å². The van der Waals surface area contributed by atoms with E-state index >= 15 is 0 Å². The summed E-state index contributed by atoms with van der Waals surface area (Å²) in [6, 6.07) is 23.8.